The number of carboxylic acid groups (broad SMARTS) is 1. The van der Waals surface area contributed by atoms with E-state index in [1.807, 2.05) is 0 Å². The molecule has 0 saturated carbocycles. The van der Waals surface area contributed by atoms with Gasteiger partial charge in [0.1, 0.15) is 17.6 Å². The molecule has 1 unspecified atom stereocenters. The molecule has 0 aliphatic carbocycles. The van der Waals surface area contributed by atoms with Crippen molar-refractivity contribution in [1.82, 2.24) is 4.90 Å². The lowest BCUT2D eigenvalue weighted by atomic mass is 10.1. The van der Waals surface area contributed by atoms with Gasteiger partial charge in [0.25, 0.3) is 0 Å². The maximum absolute atomic E-state index is 13.1. The number of carbonyl (C=O) groups is 1. The molecule has 1 fully saturated rings. The van der Waals surface area contributed by atoms with Gasteiger partial charge in [0.15, 0.2) is 0 Å². The molecule has 1 saturated heterocycles. The molecule has 17 heavy (non-hydrogen) atoms. The SMILES string of the molecule is O=C(O)C1CCCN1Cc1cc(O)cc(F)c1. The number of hydrogen-bond donors (Lipinski definition) is 2. The first-order valence-corrected chi connectivity index (χ1v) is 5.51. The summed E-state index contributed by atoms with van der Waals surface area (Å²) in [5, 5.41) is 18.3. The first-order valence-electron chi connectivity index (χ1n) is 5.51. The molecule has 0 spiro atoms. The number of nitrogens with zero attached hydrogens (tertiary/aromatic N) is 1. The number of aliphatic carboxylic acids is 1. The minimum Gasteiger partial charge on any atom is -0.508 e. The Hall–Kier alpha value is -1.62. The first-order chi connectivity index (χ1) is 8.06. The molecule has 92 valence electrons. The molecule has 0 radical (unpaired) electrons. The molecular weight excluding hydrogens is 225 g/mol. The molecule has 0 bridgehead atoms. The minimum absolute atomic E-state index is 0.133. The number of likely N-dealkylation sites (tertiary alicyclic amines) is 1. The summed E-state index contributed by atoms with van der Waals surface area (Å²) < 4.78 is 13.1. The van der Waals surface area contributed by atoms with E-state index in [-0.39, 0.29) is 5.75 Å². The van der Waals surface area contributed by atoms with Crippen molar-refractivity contribution >= 4 is 5.97 Å². The lowest BCUT2D eigenvalue weighted by molar-refractivity contribution is -0.142. The van der Waals surface area contributed by atoms with Crippen LogP contribution in [0.3, 0.4) is 0 Å². The molecule has 0 aromatic heterocycles. The third-order valence-corrected chi connectivity index (χ3v) is 2.98. The van der Waals surface area contributed by atoms with Crippen LogP contribution in [0.15, 0.2) is 18.2 Å². The monoisotopic (exact) mass is 239 g/mol. The molecule has 2 rings (SSSR count). The Labute approximate surface area is 98.3 Å². The first kappa shape index (κ1) is 11.9. The van der Waals surface area contributed by atoms with Crippen LogP contribution in [0.2, 0.25) is 0 Å². The highest BCUT2D eigenvalue weighted by molar-refractivity contribution is 5.73. The van der Waals surface area contributed by atoms with Crippen LogP contribution in [0.5, 0.6) is 5.75 Å². The van der Waals surface area contributed by atoms with Gasteiger partial charge in [0.2, 0.25) is 0 Å². The summed E-state index contributed by atoms with van der Waals surface area (Å²) in [5.74, 6) is -1.49. The third kappa shape index (κ3) is 2.74. The summed E-state index contributed by atoms with van der Waals surface area (Å²) in [6, 6.07) is 3.31. The van der Waals surface area contributed by atoms with Crippen molar-refractivity contribution < 1.29 is 19.4 Å². The number of aromatic hydroxyl groups is 1. The van der Waals surface area contributed by atoms with E-state index in [0.29, 0.717) is 25.1 Å². The van der Waals surface area contributed by atoms with E-state index in [1.165, 1.54) is 12.1 Å². The summed E-state index contributed by atoms with van der Waals surface area (Å²) >= 11 is 0. The van der Waals surface area contributed by atoms with Crippen molar-refractivity contribution in [3.63, 3.8) is 0 Å². The Kier molecular flexibility index (Phi) is 3.28. The van der Waals surface area contributed by atoms with Crippen molar-refractivity contribution in [3.05, 3.63) is 29.6 Å². The summed E-state index contributed by atoms with van der Waals surface area (Å²) in [6.07, 6.45) is 1.45. The van der Waals surface area contributed by atoms with Gasteiger partial charge < -0.3 is 10.2 Å². The zero-order valence-corrected chi connectivity index (χ0v) is 9.27. The second kappa shape index (κ2) is 4.71. The van der Waals surface area contributed by atoms with Crippen molar-refractivity contribution in [2.75, 3.05) is 6.54 Å². The maximum atomic E-state index is 13.1. The van der Waals surface area contributed by atoms with E-state index in [1.54, 1.807) is 4.90 Å². The predicted molar refractivity (Wildman–Crippen MR) is 59.1 cm³/mol. The molecule has 1 atom stereocenters. The number of phenolic OH excluding ortho intramolecular Hbond substituents is 1. The van der Waals surface area contributed by atoms with E-state index < -0.39 is 17.8 Å². The molecule has 0 amide bonds. The van der Waals surface area contributed by atoms with Gasteiger partial charge in [-0.1, -0.05) is 0 Å². The number of hydrogen-bond acceptors (Lipinski definition) is 3. The van der Waals surface area contributed by atoms with Crippen molar-refractivity contribution in [1.29, 1.82) is 0 Å². The number of halogens is 1. The second-order valence-corrected chi connectivity index (χ2v) is 4.28. The van der Waals surface area contributed by atoms with Crippen LogP contribution < -0.4 is 0 Å². The fourth-order valence-corrected chi connectivity index (χ4v) is 2.25. The van der Waals surface area contributed by atoms with Gasteiger partial charge >= 0.3 is 5.97 Å². The fraction of sp³-hybridized carbons (Fsp3) is 0.417. The molecule has 1 aliphatic heterocycles. The van der Waals surface area contributed by atoms with Gasteiger partial charge in [-0.05, 0) is 37.1 Å². The number of benzene rings is 1. The highest BCUT2D eigenvalue weighted by atomic mass is 19.1. The molecule has 1 aromatic carbocycles. The number of phenols is 1. The van der Waals surface area contributed by atoms with E-state index in [9.17, 15) is 14.3 Å². The summed E-state index contributed by atoms with van der Waals surface area (Å²) in [7, 11) is 0. The Morgan fingerprint density at radius 1 is 1.47 bits per heavy atom. The summed E-state index contributed by atoms with van der Waals surface area (Å²) in [4.78, 5) is 12.8. The van der Waals surface area contributed by atoms with E-state index in [2.05, 4.69) is 0 Å². The largest absolute Gasteiger partial charge is 0.508 e. The van der Waals surface area contributed by atoms with Crippen LogP contribution in [-0.2, 0) is 11.3 Å². The smallest absolute Gasteiger partial charge is 0.320 e. The lowest BCUT2D eigenvalue weighted by Crippen LogP contribution is -2.35. The number of rotatable bonds is 3. The quantitative estimate of drug-likeness (QED) is 0.840. The van der Waals surface area contributed by atoms with Gasteiger partial charge in [-0.15, -0.1) is 0 Å². The number of carboxylic acids is 1. The zero-order valence-electron chi connectivity index (χ0n) is 9.27. The van der Waals surface area contributed by atoms with Crippen LogP contribution in [0.25, 0.3) is 0 Å². The van der Waals surface area contributed by atoms with Gasteiger partial charge in [-0.2, -0.15) is 0 Å². The fourth-order valence-electron chi connectivity index (χ4n) is 2.25. The Morgan fingerprint density at radius 3 is 2.88 bits per heavy atom. The average molecular weight is 239 g/mol. The Morgan fingerprint density at radius 2 is 2.24 bits per heavy atom. The average Bonchev–Trinajstić information content (AvgIpc) is 2.63. The van der Waals surface area contributed by atoms with Crippen molar-refractivity contribution in [2.45, 2.75) is 25.4 Å². The topological polar surface area (TPSA) is 60.8 Å². The molecule has 1 heterocycles. The molecule has 1 aliphatic rings. The Bertz CT molecular complexity index is 416. The lowest BCUT2D eigenvalue weighted by Gasteiger charge is -2.21. The standard InChI is InChI=1S/C12H14FNO3/c13-9-4-8(5-10(15)6-9)7-14-3-1-2-11(14)12(16)17/h4-6,11,15H,1-3,7H2,(H,16,17). The minimum atomic E-state index is -0.844. The molecule has 2 N–H and O–H groups in total. The van der Waals surface area contributed by atoms with Crippen LogP contribution in [0, 0.1) is 5.82 Å². The van der Waals surface area contributed by atoms with E-state index in [0.717, 1.165) is 12.5 Å². The van der Waals surface area contributed by atoms with Gasteiger partial charge in [0, 0.05) is 12.6 Å². The summed E-state index contributed by atoms with van der Waals surface area (Å²) in [5.41, 5.74) is 0.593. The van der Waals surface area contributed by atoms with Gasteiger partial charge in [-0.3, -0.25) is 9.69 Å². The zero-order chi connectivity index (χ0) is 12.4. The van der Waals surface area contributed by atoms with Gasteiger partial charge in [0.05, 0.1) is 0 Å². The molecule has 1 aromatic rings. The molecular formula is C12H14FNO3. The van der Waals surface area contributed by atoms with Gasteiger partial charge in [-0.25, -0.2) is 4.39 Å². The van der Waals surface area contributed by atoms with Crippen LogP contribution >= 0.6 is 0 Å². The highest BCUT2D eigenvalue weighted by Crippen LogP contribution is 2.22. The van der Waals surface area contributed by atoms with Crippen molar-refractivity contribution in [3.8, 4) is 5.75 Å². The van der Waals surface area contributed by atoms with Crippen LogP contribution in [0.1, 0.15) is 18.4 Å². The Balaban J connectivity index is 2.12. The highest BCUT2D eigenvalue weighted by Gasteiger charge is 2.30. The second-order valence-electron chi connectivity index (χ2n) is 4.28. The molecule has 4 nitrogen and oxygen atoms in total. The third-order valence-electron chi connectivity index (χ3n) is 2.98. The van der Waals surface area contributed by atoms with E-state index in [4.69, 9.17) is 5.11 Å². The summed E-state index contributed by atoms with van der Waals surface area (Å²) in [6.45, 7) is 1.04. The van der Waals surface area contributed by atoms with Crippen molar-refractivity contribution in [2.24, 2.45) is 0 Å². The molecule has 5 heteroatoms. The van der Waals surface area contributed by atoms with E-state index >= 15 is 0 Å². The van der Waals surface area contributed by atoms with Crippen LogP contribution in [0.4, 0.5) is 4.39 Å². The van der Waals surface area contributed by atoms with Crippen LogP contribution in [-0.4, -0.2) is 33.7 Å². The maximum Gasteiger partial charge on any atom is 0.320 e. The predicted octanol–water partition coefficient (Wildman–Crippen LogP) is 1.58. The normalized spacial score (nSPS) is 20.6.